The fraction of sp³-hybridized carbons (Fsp3) is 0.286. The zero-order chi connectivity index (χ0) is 24.4. The second-order valence-electron chi connectivity index (χ2n) is 7.58. The van der Waals surface area contributed by atoms with Crippen LogP contribution >= 0.6 is 23.5 Å². The molecule has 2 aliphatic heterocycles. The Morgan fingerprint density at radius 3 is 2.71 bits per heavy atom. The van der Waals surface area contributed by atoms with E-state index in [4.69, 9.17) is 5.73 Å². The number of aromatic nitrogens is 2. The molecule has 1 aromatic carbocycles. The van der Waals surface area contributed by atoms with Gasteiger partial charge in [0.05, 0.1) is 6.42 Å². The predicted molar refractivity (Wildman–Crippen MR) is 125 cm³/mol. The summed E-state index contributed by atoms with van der Waals surface area (Å²) < 4.78 is 0. The second-order valence-corrected chi connectivity index (χ2v) is 9.98. The molecular weight excluding hydrogens is 482 g/mol. The molecule has 0 aliphatic carbocycles. The molecule has 11 nitrogen and oxygen atoms in total. The average molecular weight is 504 g/mol. The van der Waals surface area contributed by atoms with Crippen LogP contribution in [0.25, 0.3) is 0 Å². The summed E-state index contributed by atoms with van der Waals surface area (Å²) >= 11 is 2.71. The van der Waals surface area contributed by atoms with Gasteiger partial charge in [-0.1, -0.05) is 6.07 Å². The minimum absolute atomic E-state index is 0.0350. The molecule has 178 valence electrons. The Morgan fingerprint density at radius 1 is 1.24 bits per heavy atom. The smallest absolute Gasteiger partial charge is 0.352 e. The van der Waals surface area contributed by atoms with Crippen LogP contribution in [0.5, 0.6) is 5.75 Å². The molecule has 0 saturated carbocycles. The number of aliphatic carboxylic acids is 1. The molecule has 34 heavy (non-hydrogen) atoms. The van der Waals surface area contributed by atoms with Crippen molar-refractivity contribution >= 4 is 41.3 Å². The number of nitrogens with one attached hydrogen (secondary N) is 2. The number of fused-ring (bicyclic) bond motifs is 1. The van der Waals surface area contributed by atoms with Crippen molar-refractivity contribution in [3.8, 4) is 5.75 Å². The molecule has 3 atom stereocenters. The van der Waals surface area contributed by atoms with Crippen molar-refractivity contribution in [1.82, 2.24) is 20.4 Å². The molecule has 2 amide bonds. The third-order valence-corrected chi connectivity index (χ3v) is 7.98. The molecule has 1 saturated heterocycles. The van der Waals surface area contributed by atoms with Crippen LogP contribution in [0, 0.1) is 0 Å². The number of amides is 2. The lowest BCUT2D eigenvalue weighted by atomic mass is 10.0. The van der Waals surface area contributed by atoms with E-state index in [9.17, 15) is 29.4 Å². The number of phenolic OH excluding ortho intramolecular Hbond substituents is 1. The average Bonchev–Trinajstić information content (AvgIpc) is 2.82. The van der Waals surface area contributed by atoms with Gasteiger partial charge in [0.15, 0.2) is 0 Å². The van der Waals surface area contributed by atoms with Gasteiger partial charge in [-0.3, -0.25) is 19.3 Å². The summed E-state index contributed by atoms with van der Waals surface area (Å²) in [6.45, 7) is 0.141. The third kappa shape index (κ3) is 4.95. The van der Waals surface area contributed by atoms with E-state index in [0.717, 1.165) is 0 Å². The van der Waals surface area contributed by atoms with E-state index < -0.39 is 29.2 Å². The summed E-state index contributed by atoms with van der Waals surface area (Å²) in [5, 5.41) is 27.9. The number of hydrogen-bond donors (Lipinski definition) is 5. The number of nitrogens with zero attached hydrogens (tertiary/aromatic N) is 2. The minimum Gasteiger partial charge on any atom is -0.508 e. The molecule has 0 bridgehead atoms. The van der Waals surface area contributed by atoms with Crippen LogP contribution < -0.4 is 16.6 Å². The quantitative estimate of drug-likeness (QED) is 0.243. The number of β-lactam (4-membered cyclic amide) rings is 1. The van der Waals surface area contributed by atoms with Crippen LogP contribution in [0.1, 0.15) is 11.1 Å². The minimum atomic E-state index is -1.22. The molecule has 3 heterocycles. The number of carboxylic acids is 1. The van der Waals surface area contributed by atoms with Crippen LogP contribution in [-0.4, -0.2) is 65.5 Å². The summed E-state index contributed by atoms with van der Waals surface area (Å²) in [6.07, 6.45) is 1.48. The molecule has 13 heteroatoms. The number of carbonyl (C=O) groups is 3. The maximum atomic E-state index is 12.7. The Bertz CT molecular complexity index is 1210. The van der Waals surface area contributed by atoms with Crippen LogP contribution in [-0.2, 0) is 27.3 Å². The highest BCUT2D eigenvalue weighted by atomic mass is 32.2. The van der Waals surface area contributed by atoms with Gasteiger partial charge in [0.25, 0.3) is 11.5 Å². The fourth-order valence-corrected chi connectivity index (χ4v) is 6.15. The van der Waals surface area contributed by atoms with E-state index in [1.165, 1.54) is 52.7 Å². The first-order valence-corrected chi connectivity index (χ1v) is 12.1. The monoisotopic (exact) mass is 503 g/mol. The zero-order valence-electron chi connectivity index (χ0n) is 17.6. The molecule has 1 fully saturated rings. The van der Waals surface area contributed by atoms with E-state index in [1.54, 1.807) is 12.1 Å². The number of aromatic hydroxyl groups is 1. The van der Waals surface area contributed by atoms with Crippen molar-refractivity contribution in [1.29, 1.82) is 0 Å². The molecule has 2 aliphatic rings. The largest absolute Gasteiger partial charge is 0.508 e. The van der Waals surface area contributed by atoms with Gasteiger partial charge >= 0.3 is 5.97 Å². The summed E-state index contributed by atoms with van der Waals surface area (Å²) in [4.78, 5) is 49.4. The highest BCUT2D eigenvalue weighted by molar-refractivity contribution is 8.03. The zero-order valence-corrected chi connectivity index (χ0v) is 19.3. The topological polar surface area (TPSA) is 179 Å². The Labute approximate surface area is 201 Å². The van der Waals surface area contributed by atoms with Gasteiger partial charge in [0, 0.05) is 23.6 Å². The summed E-state index contributed by atoms with van der Waals surface area (Å²) in [6, 6.07) is 6.60. The molecule has 2 unspecified atom stereocenters. The molecule has 4 rings (SSSR count). The molecule has 1 aromatic heterocycles. The number of carbonyl (C=O) groups excluding carboxylic acids is 2. The fourth-order valence-electron chi connectivity index (χ4n) is 3.68. The van der Waals surface area contributed by atoms with Crippen molar-refractivity contribution in [2.75, 3.05) is 5.75 Å². The number of rotatable bonds is 8. The Balaban J connectivity index is 1.44. The number of hydrogen-bond acceptors (Lipinski definition) is 9. The maximum Gasteiger partial charge on any atom is 0.352 e. The second kappa shape index (κ2) is 9.91. The number of benzene rings is 1. The Hall–Kier alpha value is -3.29. The van der Waals surface area contributed by atoms with Gasteiger partial charge in [-0.2, -0.15) is 5.10 Å². The van der Waals surface area contributed by atoms with Crippen LogP contribution in [0.15, 0.2) is 51.9 Å². The Kier molecular flexibility index (Phi) is 6.95. The summed E-state index contributed by atoms with van der Waals surface area (Å²) in [7, 11) is 0. The van der Waals surface area contributed by atoms with Crippen LogP contribution in [0.3, 0.4) is 0 Å². The van der Waals surface area contributed by atoms with Gasteiger partial charge in [-0.25, -0.2) is 9.89 Å². The number of carboxylic acid groups (broad SMARTS) is 1. The SMILES string of the molecule is NCc1cc(O)ccc1CC(=O)NC1C(=O)N2C(C(=O)O)=CC(CSc3ccc(=O)[nH]n3)S[C@H]12. The first-order chi connectivity index (χ1) is 16.3. The van der Waals surface area contributed by atoms with Crippen molar-refractivity contribution < 1.29 is 24.6 Å². The predicted octanol–water partition coefficient (Wildman–Crippen LogP) is 0.00600. The van der Waals surface area contributed by atoms with E-state index in [1.807, 2.05) is 0 Å². The number of thioether (sulfide) groups is 2. The van der Waals surface area contributed by atoms with E-state index >= 15 is 0 Å². The third-order valence-electron chi connectivity index (χ3n) is 5.31. The standard InChI is InChI=1S/C21H21N5O6S2/c22-8-11-5-12(27)2-1-10(11)6-16(29)23-18-19(30)26-14(21(31)32)7-13(34-20(18)26)9-33-17-4-3-15(28)24-25-17/h1-5,7,13,18,20,27H,6,8-9,22H2,(H,23,29)(H,24,28)(H,31,32)/t13?,18?,20-/m1/s1. The number of H-pyrrole nitrogens is 1. The number of phenols is 1. The van der Waals surface area contributed by atoms with Crippen molar-refractivity contribution in [3.05, 3.63) is 63.6 Å². The Morgan fingerprint density at radius 2 is 2.03 bits per heavy atom. The summed E-state index contributed by atoms with van der Waals surface area (Å²) in [5.41, 5.74) is 6.49. The van der Waals surface area contributed by atoms with Crippen LogP contribution in [0.2, 0.25) is 0 Å². The highest BCUT2D eigenvalue weighted by Crippen LogP contribution is 2.42. The molecular formula is C21H21N5O6S2. The lowest BCUT2D eigenvalue weighted by molar-refractivity contribution is -0.150. The van der Waals surface area contributed by atoms with Gasteiger partial charge in [0.2, 0.25) is 5.91 Å². The van der Waals surface area contributed by atoms with Gasteiger partial charge in [0.1, 0.15) is 27.9 Å². The normalized spacial score (nSPS) is 21.3. The molecule has 2 aromatic rings. The highest BCUT2D eigenvalue weighted by Gasteiger charge is 2.54. The number of aromatic amines is 1. The first-order valence-electron chi connectivity index (χ1n) is 10.2. The molecule has 6 N–H and O–H groups in total. The lowest BCUT2D eigenvalue weighted by Gasteiger charge is -2.49. The first kappa shape index (κ1) is 23.9. The van der Waals surface area contributed by atoms with E-state index in [-0.39, 0.29) is 35.2 Å². The van der Waals surface area contributed by atoms with E-state index in [0.29, 0.717) is 21.9 Å². The molecule has 0 spiro atoms. The van der Waals surface area contributed by atoms with Crippen molar-refractivity contribution in [2.45, 2.75) is 34.7 Å². The maximum absolute atomic E-state index is 12.7. The number of nitrogens with two attached hydrogens (primary N) is 1. The van der Waals surface area contributed by atoms with Crippen molar-refractivity contribution in [3.63, 3.8) is 0 Å². The van der Waals surface area contributed by atoms with Crippen molar-refractivity contribution in [2.24, 2.45) is 5.73 Å². The van der Waals surface area contributed by atoms with Gasteiger partial charge in [-0.15, -0.1) is 23.5 Å². The van der Waals surface area contributed by atoms with E-state index in [2.05, 4.69) is 15.5 Å². The summed E-state index contributed by atoms with van der Waals surface area (Å²) in [5.74, 6) is -1.63. The van der Waals surface area contributed by atoms with Gasteiger partial charge in [-0.05, 0) is 35.4 Å². The lowest BCUT2D eigenvalue weighted by Crippen LogP contribution is -2.70. The van der Waals surface area contributed by atoms with Gasteiger partial charge < -0.3 is 21.3 Å². The van der Waals surface area contributed by atoms with Crippen LogP contribution in [0.4, 0.5) is 0 Å². The molecule has 0 radical (unpaired) electrons.